The number of anilines is 2. The number of amides is 2. The van der Waals surface area contributed by atoms with Gasteiger partial charge >= 0.3 is 0 Å². The molecule has 0 radical (unpaired) electrons. The van der Waals surface area contributed by atoms with E-state index in [1.165, 1.54) is 11.3 Å². The second-order valence-corrected chi connectivity index (χ2v) is 5.88. The number of fused-ring (bicyclic) bond motifs is 1. The van der Waals surface area contributed by atoms with Crippen molar-refractivity contribution in [3.63, 3.8) is 0 Å². The van der Waals surface area contributed by atoms with Crippen molar-refractivity contribution in [1.29, 1.82) is 0 Å². The van der Waals surface area contributed by atoms with Gasteiger partial charge in [-0.15, -0.1) is 11.3 Å². The number of hydrogen-bond donors (Lipinski definition) is 2. The first-order valence-corrected chi connectivity index (χ1v) is 7.66. The summed E-state index contributed by atoms with van der Waals surface area (Å²) in [5.41, 5.74) is 3.28. The third kappa shape index (κ3) is 3.11. The molecule has 2 amide bonds. The van der Waals surface area contributed by atoms with Crippen LogP contribution in [0.25, 0.3) is 0 Å². The monoisotopic (exact) mass is 301 g/mol. The van der Waals surface area contributed by atoms with E-state index < -0.39 is 0 Å². The summed E-state index contributed by atoms with van der Waals surface area (Å²) in [6.07, 6.45) is 2.12. The average molecular weight is 301 g/mol. The molecule has 5 nitrogen and oxygen atoms in total. The van der Waals surface area contributed by atoms with Crippen molar-refractivity contribution in [3.05, 3.63) is 40.4 Å². The van der Waals surface area contributed by atoms with E-state index in [0.717, 1.165) is 29.8 Å². The topological polar surface area (TPSA) is 71.1 Å². The molecule has 2 heterocycles. The highest BCUT2D eigenvalue weighted by Crippen LogP contribution is 2.24. The fourth-order valence-electron chi connectivity index (χ4n) is 2.30. The first-order chi connectivity index (χ1) is 10.1. The first kappa shape index (κ1) is 13.8. The highest BCUT2D eigenvalue weighted by Gasteiger charge is 2.15. The van der Waals surface area contributed by atoms with Crippen LogP contribution in [0.4, 0.5) is 10.8 Å². The van der Waals surface area contributed by atoms with Gasteiger partial charge in [0.15, 0.2) is 5.13 Å². The minimum atomic E-state index is -0.178. The number of nitrogens with one attached hydrogen (secondary N) is 2. The number of carbonyl (C=O) groups is 2. The summed E-state index contributed by atoms with van der Waals surface area (Å²) >= 11 is 1.40. The van der Waals surface area contributed by atoms with E-state index in [0.29, 0.717) is 17.1 Å². The maximum absolute atomic E-state index is 12.2. The van der Waals surface area contributed by atoms with Crippen LogP contribution in [-0.2, 0) is 11.2 Å². The minimum Gasteiger partial charge on any atom is -0.326 e. The molecule has 0 saturated heterocycles. The molecule has 0 atom stereocenters. The smallest absolute Gasteiger partial charge is 0.257 e. The Morgan fingerprint density at radius 2 is 2.24 bits per heavy atom. The molecule has 0 aliphatic carbocycles. The Balaban J connectivity index is 1.81. The lowest BCUT2D eigenvalue weighted by Crippen LogP contribution is -2.13. The predicted octanol–water partition coefficient (Wildman–Crippen LogP) is 2.98. The standard InChI is InChI=1S/C15H15N3O2S/c1-9-8-21-15(16-9)18-14(20)11-5-6-12-10(7-11)3-2-4-13(19)17-12/h5-8H,2-4H2,1H3,(H,17,19)(H,16,18,20). The minimum absolute atomic E-state index is 0.0317. The number of benzene rings is 1. The number of hydrogen-bond acceptors (Lipinski definition) is 4. The second-order valence-electron chi connectivity index (χ2n) is 5.02. The van der Waals surface area contributed by atoms with Crippen molar-refractivity contribution in [3.8, 4) is 0 Å². The summed E-state index contributed by atoms with van der Waals surface area (Å²) in [7, 11) is 0. The lowest BCUT2D eigenvalue weighted by atomic mass is 10.0. The Hall–Kier alpha value is -2.21. The van der Waals surface area contributed by atoms with Crippen LogP contribution < -0.4 is 10.6 Å². The Bertz CT molecular complexity index is 709. The van der Waals surface area contributed by atoms with Gasteiger partial charge in [0.05, 0.1) is 5.69 Å². The second kappa shape index (κ2) is 5.65. The maximum atomic E-state index is 12.2. The molecule has 3 rings (SSSR count). The zero-order chi connectivity index (χ0) is 14.8. The summed E-state index contributed by atoms with van der Waals surface area (Å²) in [6, 6.07) is 5.36. The normalized spacial score (nSPS) is 14.0. The van der Waals surface area contributed by atoms with E-state index in [9.17, 15) is 9.59 Å². The quantitative estimate of drug-likeness (QED) is 0.895. The molecular formula is C15H15N3O2S. The van der Waals surface area contributed by atoms with E-state index in [1.54, 1.807) is 12.1 Å². The molecule has 21 heavy (non-hydrogen) atoms. The molecule has 0 fully saturated rings. The van der Waals surface area contributed by atoms with E-state index >= 15 is 0 Å². The average Bonchev–Trinajstić information content (AvgIpc) is 2.76. The fourth-order valence-corrected chi connectivity index (χ4v) is 2.98. The third-order valence-electron chi connectivity index (χ3n) is 3.33. The van der Waals surface area contributed by atoms with Crippen LogP contribution in [0.15, 0.2) is 23.6 Å². The molecule has 6 heteroatoms. The number of nitrogens with zero attached hydrogens (tertiary/aromatic N) is 1. The molecular weight excluding hydrogens is 286 g/mol. The SMILES string of the molecule is Cc1csc(NC(=O)c2ccc3c(c2)CCCC(=O)N3)n1. The lowest BCUT2D eigenvalue weighted by molar-refractivity contribution is -0.116. The van der Waals surface area contributed by atoms with E-state index in [-0.39, 0.29) is 11.8 Å². The summed E-state index contributed by atoms with van der Waals surface area (Å²) in [5, 5.41) is 8.14. The van der Waals surface area contributed by atoms with Gasteiger partial charge in [0.25, 0.3) is 5.91 Å². The van der Waals surface area contributed by atoms with Gasteiger partial charge in [-0.1, -0.05) is 0 Å². The zero-order valence-corrected chi connectivity index (χ0v) is 12.4. The molecule has 1 aliphatic heterocycles. The number of aromatic nitrogens is 1. The highest BCUT2D eigenvalue weighted by atomic mass is 32.1. The summed E-state index contributed by atoms with van der Waals surface area (Å²) in [6.45, 7) is 1.89. The molecule has 2 aromatic rings. The Kier molecular flexibility index (Phi) is 3.70. The van der Waals surface area contributed by atoms with Crippen LogP contribution in [0, 0.1) is 6.92 Å². The predicted molar refractivity (Wildman–Crippen MR) is 82.8 cm³/mol. The van der Waals surface area contributed by atoms with Crippen LogP contribution in [-0.4, -0.2) is 16.8 Å². The first-order valence-electron chi connectivity index (χ1n) is 6.78. The van der Waals surface area contributed by atoms with Gasteiger partial charge in [-0.05, 0) is 43.5 Å². The van der Waals surface area contributed by atoms with E-state index in [1.807, 2.05) is 18.4 Å². The molecule has 108 valence electrons. The molecule has 1 aromatic heterocycles. The van der Waals surface area contributed by atoms with E-state index in [4.69, 9.17) is 0 Å². The van der Waals surface area contributed by atoms with Gasteiger partial charge in [-0.2, -0.15) is 0 Å². The van der Waals surface area contributed by atoms with Gasteiger partial charge in [-0.25, -0.2) is 4.98 Å². The number of rotatable bonds is 2. The van der Waals surface area contributed by atoms with Crippen molar-refractivity contribution in [2.24, 2.45) is 0 Å². The van der Waals surface area contributed by atoms with Gasteiger partial charge in [-0.3, -0.25) is 14.9 Å². The largest absolute Gasteiger partial charge is 0.326 e. The number of aryl methyl sites for hydroxylation is 2. The Morgan fingerprint density at radius 1 is 1.38 bits per heavy atom. The maximum Gasteiger partial charge on any atom is 0.257 e. The van der Waals surface area contributed by atoms with Crippen LogP contribution in [0.3, 0.4) is 0 Å². The van der Waals surface area contributed by atoms with Gasteiger partial charge in [0, 0.05) is 23.1 Å². The Morgan fingerprint density at radius 3 is 3.00 bits per heavy atom. The van der Waals surface area contributed by atoms with E-state index in [2.05, 4.69) is 15.6 Å². The number of carbonyl (C=O) groups excluding carboxylic acids is 2. The molecule has 1 aliphatic rings. The molecule has 0 spiro atoms. The van der Waals surface area contributed by atoms with Gasteiger partial charge in [0.1, 0.15) is 0 Å². The summed E-state index contributed by atoms with van der Waals surface area (Å²) < 4.78 is 0. The zero-order valence-electron chi connectivity index (χ0n) is 11.6. The van der Waals surface area contributed by atoms with Crippen LogP contribution >= 0.6 is 11.3 Å². The molecule has 2 N–H and O–H groups in total. The third-order valence-corrected chi connectivity index (χ3v) is 4.21. The van der Waals surface area contributed by atoms with Crippen molar-refractivity contribution in [2.45, 2.75) is 26.2 Å². The molecule has 0 bridgehead atoms. The van der Waals surface area contributed by atoms with Crippen molar-refractivity contribution in [1.82, 2.24) is 4.98 Å². The fraction of sp³-hybridized carbons (Fsp3) is 0.267. The molecule has 0 saturated carbocycles. The van der Waals surface area contributed by atoms with Crippen LogP contribution in [0.5, 0.6) is 0 Å². The molecule has 0 unspecified atom stereocenters. The lowest BCUT2D eigenvalue weighted by Gasteiger charge is -2.09. The molecule has 1 aromatic carbocycles. The van der Waals surface area contributed by atoms with Crippen molar-refractivity contribution < 1.29 is 9.59 Å². The summed E-state index contributed by atoms with van der Waals surface area (Å²) in [4.78, 5) is 28.0. The number of thiazole rings is 1. The highest BCUT2D eigenvalue weighted by molar-refractivity contribution is 7.13. The van der Waals surface area contributed by atoms with Crippen LogP contribution in [0.1, 0.15) is 34.5 Å². The van der Waals surface area contributed by atoms with Gasteiger partial charge < -0.3 is 5.32 Å². The van der Waals surface area contributed by atoms with Gasteiger partial charge in [0.2, 0.25) is 5.91 Å². The Labute approximate surface area is 126 Å². The summed E-state index contributed by atoms with van der Waals surface area (Å²) in [5.74, 6) is -0.146. The van der Waals surface area contributed by atoms with Crippen molar-refractivity contribution >= 4 is 34.0 Å². The van der Waals surface area contributed by atoms with Crippen molar-refractivity contribution in [2.75, 3.05) is 10.6 Å². The van der Waals surface area contributed by atoms with Crippen LogP contribution in [0.2, 0.25) is 0 Å².